The van der Waals surface area contributed by atoms with E-state index in [1.54, 1.807) is 16.5 Å². The van der Waals surface area contributed by atoms with Crippen molar-refractivity contribution in [1.29, 1.82) is 0 Å². The first-order chi connectivity index (χ1) is 16.9. The van der Waals surface area contributed by atoms with Crippen molar-refractivity contribution in [2.45, 2.75) is 50.4 Å². The number of fused-ring (bicyclic) bond motifs is 1. The summed E-state index contributed by atoms with van der Waals surface area (Å²) >= 11 is 1.21. The third-order valence-electron chi connectivity index (χ3n) is 6.31. The number of benzene rings is 1. The highest BCUT2D eigenvalue weighted by molar-refractivity contribution is 7.11. The number of carbonyl (C=O) groups is 3. The van der Waals surface area contributed by atoms with Gasteiger partial charge in [0.1, 0.15) is 12.3 Å². The normalized spacial score (nSPS) is 22.3. The summed E-state index contributed by atoms with van der Waals surface area (Å²) in [6, 6.07) is 8.26. The minimum Gasteiger partial charge on any atom is -0.370 e. The first-order valence-corrected chi connectivity index (χ1v) is 12.6. The zero-order chi connectivity index (χ0) is 24.8. The fourth-order valence-electron chi connectivity index (χ4n) is 4.58. The summed E-state index contributed by atoms with van der Waals surface area (Å²) in [4.78, 5) is 49.3. The Kier molecular flexibility index (Phi) is 8.09. The molecule has 3 unspecified atom stereocenters. The lowest BCUT2D eigenvalue weighted by atomic mass is 9.89. The van der Waals surface area contributed by atoms with E-state index in [-0.39, 0.29) is 30.2 Å². The monoisotopic (exact) mass is 498 g/mol. The van der Waals surface area contributed by atoms with Crippen molar-refractivity contribution in [2.24, 2.45) is 22.4 Å². The van der Waals surface area contributed by atoms with Gasteiger partial charge in [0.05, 0.1) is 12.6 Å². The van der Waals surface area contributed by atoms with Gasteiger partial charge in [0.25, 0.3) is 0 Å². The van der Waals surface area contributed by atoms with Gasteiger partial charge in [-0.2, -0.15) is 0 Å². The number of nitrogens with two attached hydrogens (primary N) is 2. The van der Waals surface area contributed by atoms with Crippen molar-refractivity contribution in [3.63, 3.8) is 0 Å². The van der Waals surface area contributed by atoms with Crippen LogP contribution in [0.5, 0.6) is 0 Å². The van der Waals surface area contributed by atoms with Crippen LogP contribution in [-0.4, -0.2) is 64.9 Å². The number of thiazole rings is 1. The lowest BCUT2D eigenvalue weighted by molar-refractivity contribution is -0.151. The van der Waals surface area contributed by atoms with Gasteiger partial charge in [0, 0.05) is 24.0 Å². The first kappa shape index (κ1) is 24.8. The largest absolute Gasteiger partial charge is 0.370 e. The van der Waals surface area contributed by atoms with E-state index in [4.69, 9.17) is 16.2 Å². The van der Waals surface area contributed by atoms with Crippen molar-refractivity contribution in [1.82, 2.24) is 15.2 Å². The Labute approximate surface area is 207 Å². The molecular weight excluding hydrogens is 468 g/mol. The van der Waals surface area contributed by atoms with Crippen molar-refractivity contribution < 1.29 is 19.1 Å². The number of aliphatic imine (C=N–C) groups is 1. The molecule has 0 spiro atoms. The highest BCUT2D eigenvalue weighted by Crippen LogP contribution is 2.32. The summed E-state index contributed by atoms with van der Waals surface area (Å²) in [5.74, 6) is -1.01. The molecule has 2 saturated heterocycles. The van der Waals surface area contributed by atoms with Crippen LogP contribution in [0.15, 0.2) is 46.9 Å². The van der Waals surface area contributed by atoms with Gasteiger partial charge in [-0.05, 0) is 37.7 Å². The SMILES string of the molecule is NC(N)=NCCCC(NC(=O)[C@@H]1COC2CCC(Cc3ccccc3)C(=O)N21)C(=O)c1nccs1. The molecule has 1 aromatic heterocycles. The first-order valence-electron chi connectivity index (χ1n) is 11.7. The van der Waals surface area contributed by atoms with Crippen LogP contribution in [0, 0.1) is 5.92 Å². The van der Waals surface area contributed by atoms with Crippen LogP contribution >= 0.6 is 11.3 Å². The van der Waals surface area contributed by atoms with Crippen LogP contribution in [0.4, 0.5) is 0 Å². The minimum atomic E-state index is -0.804. The smallest absolute Gasteiger partial charge is 0.245 e. The summed E-state index contributed by atoms with van der Waals surface area (Å²) < 4.78 is 5.80. The molecule has 186 valence electrons. The molecular formula is C24H30N6O4S. The number of ether oxygens (including phenoxy) is 1. The second-order valence-electron chi connectivity index (χ2n) is 8.72. The summed E-state index contributed by atoms with van der Waals surface area (Å²) in [6.07, 6.45) is 3.96. The van der Waals surface area contributed by atoms with Gasteiger partial charge in [-0.1, -0.05) is 30.3 Å². The van der Waals surface area contributed by atoms with E-state index < -0.39 is 24.2 Å². The maximum atomic E-state index is 13.4. The highest BCUT2D eigenvalue weighted by Gasteiger charge is 2.47. The number of carbonyl (C=O) groups excluding carboxylic acids is 3. The Hall–Kier alpha value is -3.31. The van der Waals surface area contributed by atoms with Crippen LogP contribution in [-0.2, 0) is 20.7 Å². The predicted molar refractivity (Wildman–Crippen MR) is 132 cm³/mol. The molecule has 10 nitrogen and oxygen atoms in total. The minimum absolute atomic E-state index is 0.0281. The summed E-state index contributed by atoms with van der Waals surface area (Å²) in [5, 5.41) is 4.87. The number of guanidine groups is 1. The van der Waals surface area contributed by atoms with Crippen molar-refractivity contribution in [3.8, 4) is 0 Å². The second kappa shape index (κ2) is 11.4. The van der Waals surface area contributed by atoms with Gasteiger partial charge in [-0.25, -0.2) is 4.98 Å². The van der Waals surface area contributed by atoms with Crippen molar-refractivity contribution in [2.75, 3.05) is 13.2 Å². The molecule has 0 aliphatic carbocycles. The zero-order valence-corrected chi connectivity index (χ0v) is 20.2. The fourth-order valence-corrected chi connectivity index (χ4v) is 5.21. The number of aromatic nitrogens is 1. The number of amides is 2. The van der Waals surface area contributed by atoms with E-state index in [1.165, 1.54) is 11.3 Å². The van der Waals surface area contributed by atoms with E-state index in [0.717, 1.165) is 5.56 Å². The number of hydrogen-bond donors (Lipinski definition) is 3. The average Bonchev–Trinajstić information content (AvgIpc) is 3.53. The van der Waals surface area contributed by atoms with Gasteiger partial charge in [0.2, 0.25) is 17.6 Å². The van der Waals surface area contributed by atoms with Crippen molar-refractivity contribution >= 4 is 34.9 Å². The molecule has 2 aliphatic heterocycles. The van der Waals surface area contributed by atoms with E-state index in [9.17, 15) is 14.4 Å². The lowest BCUT2D eigenvalue weighted by Crippen LogP contribution is -2.56. The molecule has 1 aromatic carbocycles. The summed E-state index contributed by atoms with van der Waals surface area (Å²) in [5.41, 5.74) is 11.8. The van der Waals surface area contributed by atoms with Gasteiger partial charge >= 0.3 is 0 Å². The van der Waals surface area contributed by atoms with Crippen LogP contribution in [0.1, 0.15) is 41.0 Å². The fraction of sp³-hybridized carbons (Fsp3) is 0.458. The number of nitrogens with one attached hydrogen (secondary N) is 1. The van der Waals surface area contributed by atoms with Gasteiger partial charge < -0.3 is 26.4 Å². The van der Waals surface area contributed by atoms with E-state index >= 15 is 0 Å². The van der Waals surface area contributed by atoms with E-state index in [2.05, 4.69) is 15.3 Å². The maximum absolute atomic E-state index is 13.4. The van der Waals surface area contributed by atoms with E-state index in [0.29, 0.717) is 43.7 Å². The Morgan fingerprint density at radius 1 is 1.26 bits per heavy atom. The number of piperidine rings is 1. The molecule has 3 heterocycles. The zero-order valence-electron chi connectivity index (χ0n) is 19.3. The number of rotatable bonds is 10. The number of hydrogen-bond acceptors (Lipinski definition) is 7. The van der Waals surface area contributed by atoms with Crippen LogP contribution in [0.25, 0.3) is 0 Å². The average molecular weight is 499 g/mol. The summed E-state index contributed by atoms with van der Waals surface area (Å²) in [7, 11) is 0. The lowest BCUT2D eigenvalue weighted by Gasteiger charge is -2.36. The Balaban J connectivity index is 1.44. The number of ketones is 1. The second-order valence-corrected chi connectivity index (χ2v) is 9.62. The third kappa shape index (κ3) is 6.04. The maximum Gasteiger partial charge on any atom is 0.245 e. The Bertz CT molecular complexity index is 1060. The molecule has 4 atom stereocenters. The van der Waals surface area contributed by atoms with Gasteiger partial charge in [-0.15, -0.1) is 11.3 Å². The van der Waals surface area contributed by atoms with Gasteiger partial charge in [-0.3, -0.25) is 19.4 Å². The number of Topliss-reactive ketones (excluding diaryl/α,β-unsaturated/α-hetero) is 1. The van der Waals surface area contributed by atoms with Crippen LogP contribution in [0.2, 0.25) is 0 Å². The summed E-state index contributed by atoms with van der Waals surface area (Å²) in [6.45, 7) is 0.437. The molecule has 2 aliphatic rings. The molecule has 0 radical (unpaired) electrons. The topological polar surface area (TPSA) is 153 Å². The molecule has 2 fully saturated rings. The van der Waals surface area contributed by atoms with E-state index in [1.807, 2.05) is 30.3 Å². The molecule has 4 rings (SSSR count). The molecule has 2 aromatic rings. The van der Waals surface area contributed by atoms with Crippen molar-refractivity contribution in [3.05, 3.63) is 52.5 Å². The Morgan fingerprint density at radius 2 is 2.06 bits per heavy atom. The molecule has 11 heteroatoms. The molecule has 0 bridgehead atoms. The molecule has 2 amide bonds. The third-order valence-corrected chi connectivity index (χ3v) is 7.09. The molecule has 5 N–H and O–H groups in total. The highest BCUT2D eigenvalue weighted by atomic mass is 32.1. The number of nitrogens with zero attached hydrogens (tertiary/aromatic N) is 3. The molecule has 0 saturated carbocycles. The van der Waals surface area contributed by atoms with Crippen LogP contribution < -0.4 is 16.8 Å². The predicted octanol–water partition coefficient (Wildman–Crippen LogP) is 1.07. The van der Waals surface area contributed by atoms with Crippen LogP contribution in [0.3, 0.4) is 0 Å². The quantitative estimate of drug-likeness (QED) is 0.192. The Morgan fingerprint density at radius 3 is 2.77 bits per heavy atom. The standard InChI is InChI=1S/C24H30N6O4S/c25-24(26)28-10-4-7-17(20(31)22-27-11-12-35-22)29-21(32)18-14-34-19-9-8-16(23(33)30(18)19)13-15-5-2-1-3-6-15/h1-3,5-6,11-12,16-19H,4,7-10,13-14H2,(H,29,32)(H4,25,26,28)/t16?,17?,18-,19?/m0/s1. The molecule has 35 heavy (non-hydrogen) atoms. The van der Waals surface area contributed by atoms with Gasteiger partial charge in [0.15, 0.2) is 11.0 Å².